The zero-order valence-electron chi connectivity index (χ0n) is 14.7. The van der Waals surface area contributed by atoms with E-state index in [1.807, 2.05) is 36.2 Å². The lowest BCUT2D eigenvalue weighted by Gasteiger charge is -2.31. The van der Waals surface area contributed by atoms with Gasteiger partial charge in [-0.2, -0.15) is 0 Å². The van der Waals surface area contributed by atoms with Crippen LogP contribution in [0.5, 0.6) is 5.75 Å². The number of benzene rings is 2. The summed E-state index contributed by atoms with van der Waals surface area (Å²) in [4.78, 5) is 14.3. The van der Waals surface area contributed by atoms with Crippen molar-refractivity contribution in [3.8, 4) is 5.75 Å². The fourth-order valence-corrected chi connectivity index (χ4v) is 3.30. The van der Waals surface area contributed by atoms with Crippen molar-refractivity contribution in [2.75, 3.05) is 26.7 Å². The third kappa shape index (κ3) is 5.10. The molecule has 0 unspecified atom stereocenters. The highest BCUT2D eigenvalue weighted by molar-refractivity contribution is 5.88. The molecule has 25 heavy (non-hydrogen) atoms. The van der Waals surface area contributed by atoms with E-state index in [1.165, 1.54) is 5.39 Å². The molecule has 1 N–H and O–H groups in total. The summed E-state index contributed by atoms with van der Waals surface area (Å²) in [6.07, 6.45) is 3.42. The number of amides is 1. The van der Waals surface area contributed by atoms with Crippen LogP contribution in [0.2, 0.25) is 0 Å². The lowest BCUT2D eigenvalue weighted by Crippen LogP contribution is -2.43. The Morgan fingerprint density at radius 2 is 1.88 bits per heavy atom. The number of hydrogen-bond acceptors (Lipinski definition) is 3. The van der Waals surface area contributed by atoms with Gasteiger partial charge in [-0.05, 0) is 37.8 Å². The van der Waals surface area contributed by atoms with E-state index in [4.69, 9.17) is 4.74 Å². The Hall–Kier alpha value is -1.78. The van der Waals surface area contributed by atoms with Crippen molar-refractivity contribution in [3.63, 3.8) is 0 Å². The predicted octanol–water partition coefficient (Wildman–Crippen LogP) is 3.63. The zero-order chi connectivity index (χ0) is 16.8. The van der Waals surface area contributed by atoms with E-state index in [2.05, 4.69) is 23.5 Å². The molecule has 0 bridgehead atoms. The second kappa shape index (κ2) is 9.64. The first-order valence-corrected chi connectivity index (χ1v) is 8.83. The van der Waals surface area contributed by atoms with Crippen LogP contribution in [0.3, 0.4) is 0 Å². The number of carbonyl (C=O) groups is 1. The molecule has 0 aliphatic carbocycles. The molecule has 1 aliphatic heterocycles. The van der Waals surface area contributed by atoms with Crippen LogP contribution in [-0.2, 0) is 4.79 Å². The van der Waals surface area contributed by atoms with E-state index >= 15 is 0 Å². The van der Waals surface area contributed by atoms with Crippen LogP contribution in [-0.4, -0.2) is 43.6 Å². The molecule has 1 amide bonds. The van der Waals surface area contributed by atoms with Crippen molar-refractivity contribution in [1.82, 2.24) is 10.2 Å². The molecule has 1 aliphatic rings. The summed E-state index contributed by atoms with van der Waals surface area (Å²) < 4.78 is 5.91. The number of nitrogens with zero attached hydrogens (tertiary/aromatic N) is 1. The SMILES string of the molecule is CNC1CCN(C(=O)CCCOc2cccc3ccccc23)CC1.Cl. The maximum atomic E-state index is 12.3. The molecule has 1 heterocycles. The van der Waals surface area contributed by atoms with Gasteiger partial charge in [-0.3, -0.25) is 4.79 Å². The van der Waals surface area contributed by atoms with E-state index in [-0.39, 0.29) is 18.3 Å². The summed E-state index contributed by atoms with van der Waals surface area (Å²) in [5.41, 5.74) is 0. The minimum Gasteiger partial charge on any atom is -0.493 e. The molecule has 2 aromatic rings. The van der Waals surface area contributed by atoms with Gasteiger partial charge in [-0.15, -0.1) is 12.4 Å². The van der Waals surface area contributed by atoms with Gasteiger partial charge < -0.3 is 15.0 Å². The van der Waals surface area contributed by atoms with Gasteiger partial charge in [-0.25, -0.2) is 0 Å². The van der Waals surface area contributed by atoms with Gasteiger partial charge in [0, 0.05) is 30.9 Å². The standard InChI is InChI=1S/C20H26N2O2.ClH/c1-21-17-11-13-22(14-12-17)20(23)10-5-15-24-19-9-4-7-16-6-2-3-8-18(16)19;/h2-4,6-9,17,21H,5,10-15H2,1H3;1H. The number of carbonyl (C=O) groups excluding carboxylic acids is 1. The highest BCUT2D eigenvalue weighted by Crippen LogP contribution is 2.25. The van der Waals surface area contributed by atoms with E-state index in [9.17, 15) is 4.79 Å². The van der Waals surface area contributed by atoms with Gasteiger partial charge in [0.05, 0.1) is 6.61 Å². The number of rotatable bonds is 6. The van der Waals surface area contributed by atoms with Crippen molar-refractivity contribution < 1.29 is 9.53 Å². The smallest absolute Gasteiger partial charge is 0.222 e. The first kappa shape index (κ1) is 19.5. The number of halogens is 1. The number of fused-ring (bicyclic) bond motifs is 1. The maximum Gasteiger partial charge on any atom is 0.222 e. The van der Waals surface area contributed by atoms with Crippen molar-refractivity contribution in [3.05, 3.63) is 42.5 Å². The molecule has 0 radical (unpaired) electrons. The predicted molar refractivity (Wildman–Crippen MR) is 105 cm³/mol. The summed E-state index contributed by atoms with van der Waals surface area (Å²) in [7, 11) is 1.99. The van der Waals surface area contributed by atoms with Crippen molar-refractivity contribution in [2.45, 2.75) is 31.7 Å². The first-order chi connectivity index (χ1) is 11.8. The molecule has 2 aromatic carbocycles. The molecule has 136 valence electrons. The number of ether oxygens (including phenoxy) is 1. The van der Waals surface area contributed by atoms with Crippen LogP contribution in [0.15, 0.2) is 42.5 Å². The molecule has 4 nitrogen and oxygen atoms in total. The molecule has 0 aromatic heterocycles. The quantitative estimate of drug-likeness (QED) is 0.798. The van der Waals surface area contributed by atoms with Crippen molar-refractivity contribution in [1.29, 1.82) is 0 Å². The third-order valence-corrected chi connectivity index (χ3v) is 4.80. The first-order valence-electron chi connectivity index (χ1n) is 8.83. The fourth-order valence-electron chi connectivity index (χ4n) is 3.30. The molecule has 1 fully saturated rings. The molecule has 0 spiro atoms. The zero-order valence-corrected chi connectivity index (χ0v) is 15.6. The highest BCUT2D eigenvalue weighted by atomic mass is 35.5. The second-order valence-corrected chi connectivity index (χ2v) is 6.37. The number of piperidine rings is 1. The number of hydrogen-bond donors (Lipinski definition) is 1. The molecule has 5 heteroatoms. The molecular formula is C20H27ClN2O2. The summed E-state index contributed by atoms with van der Waals surface area (Å²) >= 11 is 0. The van der Waals surface area contributed by atoms with Crippen LogP contribution >= 0.6 is 12.4 Å². The van der Waals surface area contributed by atoms with Gasteiger partial charge in [0.25, 0.3) is 0 Å². The lowest BCUT2D eigenvalue weighted by atomic mass is 10.0. The van der Waals surface area contributed by atoms with E-state index in [1.54, 1.807) is 0 Å². The van der Waals surface area contributed by atoms with Gasteiger partial charge in [0.2, 0.25) is 5.91 Å². The van der Waals surface area contributed by atoms with Gasteiger partial charge in [0.1, 0.15) is 5.75 Å². The Morgan fingerprint density at radius 1 is 1.16 bits per heavy atom. The van der Waals surface area contributed by atoms with E-state index in [0.29, 0.717) is 19.1 Å². The summed E-state index contributed by atoms with van der Waals surface area (Å²) in [6, 6.07) is 14.9. The molecule has 0 atom stereocenters. The molecular weight excluding hydrogens is 336 g/mol. The van der Waals surface area contributed by atoms with Crippen LogP contribution in [0, 0.1) is 0 Å². The normalized spacial score (nSPS) is 15.0. The molecule has 0 saturated carbocycles. The Bertz CT molecular complexity index is 679. The third-order valence-electron chi connectivity index (χ3n) is 4.80. The fraction of sp³-hybridized carbons (Fsp3) is 0.450. The summed E-state index contributed by atoms with van der Waals surface area (Å²) in [5.74, 6) is 1.15. The van der Waals surface area contributed by atoms with Crippen LogP contribution in [0.4, 0.5) is 0 Å². The molecule has 1 saturated heterocycles. The average Bonchev–Trinajstić information content (AvgIpc) is 2.65. The van der Waals surface area contributed by atoms with Crippen LogP contribution in [0.1, 0.15) is 25.7 Å². The second-order valence-electron chi connectivity index (χ2n) is 6.37. The minimum absolute atomic E-state index is 0. The highest BCUT2D eigenvalue weighted by Gasteiger charge is 2.21. The van der Waals surface area contributed by atoms with Crippen LogP contribution in [0.25, 0.3) is 10.8 Å². The van der Waals surface area contributed by atoms with Crippen molar-refractivity contribution >= 4 is 29.1 Å². The summed E-state index contributed by atoms with van der Waals surface area (Å²) in [6.45, 7) is 2.32. The van der Waals surface area contributed by atoms with Gasteiger partial charge in [0.15, 0.2) is 0 Å². The Balaban J connectivity index is 0.00000225. The Morgan fingerprint density at radius 3 is 2.64 bits per heavy atom. The van der Waals surface area contributed by atoms with E-state index in [0.717, 1.165) is 43.5 Å². The van der Waals surface area contributed by atoms with Gasteiger partial charge >= 0.3 is 0 Å². The number of nitrogens with one attached hydrogen (secondary N) is 1. The van der Waals surface area contributed by atoms with Crippen LogP contribution < -0.4 is 10.1 Å². The minimum atomic E-state index is 0. The summed E-state index contributed by atoms with van der Waals surface area (Å²) in [5, 5.41) is 5.60. The van der Waals surface area contributed by atoms with Gasteiger partial charge in [-0.1, -0.05) is 36.4 Å². The largest absolute Gasteiger partial charge is 0.493 e. The number of likely N-dealkylation sites (tertiary alicyclic amines) is 1. The Kier molecular flexibility index (Phi) is 7.53. The van der Waals surface area contributed by atoms with E-state index < -0.39 is 0 Å². The monoisotopic (exact) mass is 362 g/mol. The maximum absolute atomic E-state index is 12.3. The molecule has 3 rings (SSSR count). The topological polar surface area (TPSA) is 41.6 Å². The average molecular weight is 363 g/mol. The van der Waals surface area contributed by atoms with Crippen molar-refractivity contribution in [2.24, 2.45) is 0 Å². The Labute approximate surface area is 155 Å². The lowest BCUT2D eigenvalue weighted by molar-refractivity contribution is -0.132.